The Morgan fingerprint density at radius 2 is 2.14 bits per heavy atom. The lowest BCUT2D eigenvalue weighted by atomic mass is 9.74. The minimum atomic E-state index is -4.08. The number of thiazole rings is 1. The van der Waals surface area contributed by atoms with Gasteiger partial charge in [-0.05, 0) is 38.1 Å². The summed E-state index contributed by atoms with van der Waals surface area (Å²) in [6.07, 6.45) is 1.84. The molecule has 1 aliphatic rings. The smallest absolute Gasteiger partial charge is 0.313 e. The average molecular weight is 320 g/mol. The van der Waals surface area contributed by atoms with Crippen LogP contribution >= 0.6 is 11.3 Å². The monoisotopic (exact) mass is 320 g/mol. The standard InChI is InChI=1S/C15H23F3N2S/c1-2-7-20-14(8-11-9-19-10-21-11)12-5-3-4-6-13(12)15(16,17)18/h9-10,12-14,20H,2-8H2,1H3. The summed E-state index contributed by atoms with van der Waals surface area (Å²) in [5.41, 5.74) is 1.74. The molecule has 3 atom stereocenters. The van der Waals surface area contributed by atoms with Crippen molar-refractivity contribution in [3.05, 3.63) is 16.6 Å². The molecule has 6 heteroatoms. The highest BCUT2D eigenvalue weighted by Crippen LogP contribution is 2.43. The lowest BCUT2D eigenvalue weighted by molar-refractivity contribution is -0.199. The van der Waals surface area contributed by atoms with E-state index < -0.39 is 12.1 Å². The van der Waals surface area contributed by atoms with Gasteiger partial charge in [0.05, 0.1) is 11.4 Å². The van der Waals surface area contributed by atoms with Gasteiger partial charge in [0.2, 0.25) is 0 Å². The van der Waals surface area contributed by atoms with Gasteiger partial charge in [-0.15, -0.1) is 11.3 Å². The maximum Gasteiger partial charge on any atom is 0.392 e. The molecule has 2 nitrogen and oxygen atoms in total. The maximum atomic E-state index is 13.3. The number of hydrogen-bond donors (Lipinski definition) is 1. The zero-order chi connectivity index (χ0) is 15.3. The molecule has 1 fully saturated rings. The molecule has 0 aromatic carbocycles. The van der Waals surface area contributed by atoms with Crippen molar-refractivity contribution >= 4 is 11.3 Å². The SMILES string of the molecule is CCCNC(Cc1cncs1)C1CCCCC1C(F)(F)F. The van der Waals surface area contributed by atoms with E-state index in [9.17, 15) is 13.2 Å². The predicted octanol–water partition coefficient (Wildman–Crippen LogP) is 4.42. The Morgan fingerprint density at radius 3 is 2.76 bits per heavy atom. The molecule has 1 aromatic heterocycles. The highest BCUT2D eigenvalue weighted by molar-refractivity contribution is 7.09. The first-order valence-electron chi connectivity index (χ1n) is 7.69. The van der Waals surface area contributed by atoms with E-state index in [1.54, 1.807) is 11.7 Å². The van der Waals surface area contributed by atoms with Crippen molar-refractivity contribution in [3.8, 4) is 0 Å². The fraction of sp³-hybridized carbons (Fsp3) is 0.800. The van der Waals surface area contributed by atoms with Crippen LogP contribution in [0.3, 0.4) is 0 Å². The number of halogens is 3. The Bertz CT molecular complexity index is 406. The van der Waals surface area contributed by atoms with Gasteiger partial charge in [-0.1, -0.05) is 19.8 Å². The van der Waals surface area contributed by atoms with Crippen LogP contribution in [0, 0.1) is 11.8 Å². The third-order valence-electron chi connectivity index (χ3n) is 4.32. The molecule has 1 heterocycles. The number of nitrogens with zero attached hydrogens (tertiary/aromatic N) is 1. The van der Waals surface area contributed by atoms with Crippen molar-refractivity contribution in [2.45, 2.75) is 57.7 Å². The molecule has 1 N–H and O–H groups in total. The molecule has 0 amide bonds. The molecule has 2 rings (SSSR count). The molecule has 0 bridgehead atoms. The number of aromatic nitrogens is 1. The van der Waals surface area contributed by atoms with E-state index in [0.29, 0.717) is 19.3 Å². The van der Waals surface area contributed by atoms with Gasteiger partial charge in [-0.25, -0.2) is 0 Å². The Balaban J connectivity index is 2.12. The quantitative estimate of drug-likeness (QED) is 0.839. The predicted molar refractivity (Wildman–Crippen MR) is 79.4 cm³/mol. The number of hydrogen-bond acceptors (Lipinski definition) is 3. The summed E-state index contributed by atoms with van der Waals surface area (Å²) in [6.45, 7) is 2.81. The van der Waals surface area contributed by atoms with Crippen molar-refractivity contribution in [1.29, 1.82) is 0 Å². The summed E-state index contributed by atoms with van der Waals surface area (Å²) in [6, 6.07) is -0.0997. The van der Waals surface area contributed by atoms with Crippen LogP contribution in [0.2, 0.25) is 0 Å². The molecule has 1 aromatic rings. The van der Waals surface area contributed by atoms with Gasteiger partial charge >= 0.3 is 6.18 Å². The molecule has 0 radical (unpaired) electrons. The molecule has 1 saturated carbocycles. The second-order valence-corrected chi connectivity index (χ2v) is 6.80. The minimum Gasteiger partial charge on any atom is -0.313 e. The molecule has 1 aliphatic carbocycles. The number of alkyl halides is 3. The third-order valence-corrected chi connectivity index (χ3v) is 5.12. The summed E-state index contributed by atoms with van der Waals surface area (Å²) < 4.78 is 39.9. The van der Waals surface area contributed by atoms with Gasteiger partial charge in [0, 0.05) is 17.1 Å². The molecule has 0 spiro atoms. The van der Waals surface area contributed by atoms with E-state index in [2.05, 4.69) is 10.3 Å². The summed E-state index contributed by atoms with van der Waals surface area (Å²) in [5.74, 6) is -1.47. The van der Waals surface area contributed by atoms with Crippen molar-refractivity contribution in [1.82, 2.24) is 10.3 Å². The lowest BCUT2D eigenvalue weighted by Crippen LogP contribution is -2.47. The van der Waals surface area contributed by atoms with Crippen molar-refractivity contribution in [2.75, 3.05) is 6.54 Å². The number of rotatable bonds is 6. The third kappa shape index (κ3) is 4.68. The summed E-state index contributed by atoms with van der Waals surface area (Å²) in [7, 11) is 0. The molecule has 3 unspecified atom stereocenters. The maximum absolute atomic E-state index is 13.3. The van der Waals surface area contributed by atoms with E-state index in [0.717, 1.165) is 24.3 Å². The van der Waals surface area contributed by atoms with Gasteiger partial charge in [-0.2, -0.15) is 13.2 Å². The fourth-order valence-electron chi connectivity index (χ4n) is 3.31. The van der Waals surface area contributed by atoms with Gasteiger partial charge < -0.3 is 5.32 Å². The second kappa shape index (κ2) is 7.58. The zero-order valence-electron chi connectivity index (χ0n) is 12.3. The van der Waals surface area contributed by atoms with E-state index >= 15 is 0 Å². The van der Waals surface area contributed by atoms with Crippen molar-refractivity contribution < 1.29 is 13.2 Å². The van der Waals surface area contributed by atoms with E-state index in [4.69, 9.17) is 0 Å². The molecule has 0 saturated heterocycles. The Kier molecular flexibility index (Phi) is 6.05. The minimum absolute atomic E-state index is 0.0997. The molecule has 21 heavy (non-hydrogen) atoms. The first kappa shape index (κ1) is 16.7. The normalized spacial score (nSPS) is 25.0. The van der Waals surface area contributed by atoms with E-state index in [1.807, 2.05) is 6.92 Å². The first-order chi connectivity index (χ1) is 10.0. The van der Waals surface area contributed by atoms with Crippen LogP contribution in [0.5, 0.6) is 0 Å². The van der Waals surface area contributed by atoms with Crippen LogP contribution < -0.4 is 5.32 Å². The zero-order valence-corrected chi connectivity index (χ0v) is 13.1. The van der Waals surface area contributed by atoms with Crippen LogP contribution in [-0.4, -0.2) is 23.7 Å². The molecular formula is C15H23F3N2S. The molecular weight excluding hydrogens is 297 g/mol. The van der Waals surface area contributed by atoms with Gasteiger partial charge in [0.15, 0.2) is 0 Å². The first-order valence-corrected chi connectivity index (χ1v) is 8.57. The Hall–Kier alpha value is -0.620. The van der Waals surface area contributed by atoms with E-state index in [1.165, 1.54) is 11.3 Å². The lowest BCUT2D eigenvalue weighted by Gasteiger charge is -2.38. The highest BCUT2D eigenvalue weighted by atomic mass is 32.1. The average Bonchev–Trinajstić information content (AvgIpc) is 2.95. The number of nitrogens with one attached hydrogen (secondary N) is 1. The van der Waals surface area contributed by atoms with E-state index in [-0.39, 0.29) is 18.4 Å². The highest BCUT2D eigenvalue weighted by Gasteiger charge is 2.47. The van der Waals surface area contributed by atoms with Crippen molar-refractivity contribution in [3.63, 3.8) is 0 Å². The molecule has 120 valence electrons. The van der Waals surface area contributed by atoms with Gasteiger partial charge in [-0.3, -0.25) is 4.98 Å². The largest absolute Gasteiger partial charge is 0.392 e. The van der Waals surface area contributed by atoms with Gasteiger partial charge in [0.25, 0.3) is 0 Å². The van der Waals surface area contributed by atoms with Crippen LogP contribution in [0.25, 0.3) is 0 Å². The van der Waals surface area contributed by atoms with Crippen LogP contribution in [0.4, 0.5) is 13.2 Å². The van der Waals surface area contributed by atoms with Crippen LogP contribution in [0.15, 0.2) is 11.7 Å². The summed E-state index contributed by atoms with van der Waals surface area (Å²) >= 11 is 1.53. The molecule has 0 aliphatic heterocycles. The second-order valence-electron chi connectivity index (χ2n) is 5.83. The van der Waals surface area contributed by atoms with Gasteiger partial charge in [0.1, 0.15) is 0 Å². The van der Waals surface area contributed by atoms with Crippen molar-refractivity contribution in [2.24, 2.45) is 11.8 Å². The van der Waals surface area contributed by atoms with Crippen LogP contribution in [-0.2, 0) is 6.42 Å². The topological polar surface area (TPSA) is 24.9 Å². The summed E-state index contributed by atoms with van der Waals surface area (Å²) in [4.78, 5) is 5.10. The fourth-order valence-corrected chi connectivity index (χ4v) is 3.97. The Labute approximate surface area is 128 Å². The summed E-state index contributed by atoms with van der Waals surface area (Å²) in [5, 5.41) is 3.36. The van der Waals surface area contributed by atoms with Crippen LogP contribution in [0.1, 0.15) is 43.9 Å². The Morgan fingerprint density at radius 1 is 1.38 bits per heavy atom.